The number of aromatic nitrogens is 2. The van der Waals surface area contributed by atoms with E-state index in [0.717, 1.165) is 21.6 Å². The van der Waals surface area contributed by atoms with Crippen molar-refractivity contribution in [3.05, 3.63) is 27.4 Å². The Kier molecular flexibility index (Phi) is 2.79. The van der Waals surface area contributed by atoms with Crippen LogP contribution in [0.1, 0.15) is 15.4 Å². The zero-order chi connectivity index (χ0) is 13.6. The van der Waals surface area contributed by atoms with Crippen LogP contribution in [-0.2, 0) is 7.05 Å². The van der Waals surface area contributed by atoms with Crippen molar-refractivity contribution in [2.75, 3.05) is 11.1 Å². The number of carbonyl (C=O) groups is 1. The number of carbonyl (C=O) groups excluding carboxylic acids is 1. The van der Waals surface area contributed by atoms with Gasteiger partial charge in [0.1, 0.15) is 9.71 Å². The third-order valence-electron chi connectivity index (χ3n) is 2.87. The Morgan fingerprint density at radius 2 is 2.32 bits per heavy atom. The zero-order valence-electron chi connectivity index (χ0n) is 10.4. The van der Waals surface area contributed by atoms with E-state index in [1.807, 2.05) is 30.8 Å². The molecule has 19 heavy (non-hydrogen) atoms. The molecule has 3 aromatic rings. The van der Waals surface area contributed by atoms with Crippen molar-refractivity contribution in [2.24, 2.45) is 7.05 Å². The molecule has 0 aliphatic carbocycles. The number of hydrogen-bond donors (Lipinski definition) is 2. The molecule has 0 unspecified atom stereocenters. The monoisotopic (exact) mass is 292 g/mol. The molecule has 3 N–H and O–H groups in total. The van der Waals surface area contributed by atoms with E-state index in [0.29, 0.717) is 10.6 Å². The number of rotatable bonds is 2. The molecule has 0 saturated heterocycles. The first kappa shape index (κ1) is 12.2. The zero-order valence-corrected chi connectivity index (χ0v) is 12.1. The van der Waals surface area contributed by atoms with Gasteiger partial charge in [0.2, 0.25) is 0 Å². The number of aryl methyl sites for hydroxylation is 2. The summed E-state index contributed by atoms with van der Waals surface area (Å²) < 4.78 is 1.76. The molecule has 0 aromatic carbocycles. The van der Waals surface area contributed by atoms with Crippen LogP contribution in [0.25, 0.3) is 10.2 Å². The average molecular weight is 292 g/mol. The molecule has 0 radical (unpaired) electrons. The Morgan fingerprint density at radius 3 is 2.95 bits per heavy atom. The van der Waals surface area contributed by atoms with Gasteiger partial charge in [0.15, 0.2) is 0 Å². The molecular weight excluding hydrogens is 280 g/mol. The number of nitrogens with zero attached hydrogens (tertiary/aromatic N) is 2. The molecule has 1 amide bonds. The van der Waals surface area contributed by atoms with E-state index in [2.05, 4.69) is 10.4 Å². The van der Waals surface area contributed by atoms with Crippen molar-refractivity contribution in [2.45, 2.75) is 6.92 Å². The smallest absolute Gasteiger partial charge is 0.267 e. The predicted octanol–water partition coefficient (Wildman–Crippen LogP) is 2.84. The Hall–Kier alpha value is -1.86. The standard InChI is InChI=1S/C12H12N4OS2/c1-6-8-9(13)10(19-12(8)16(2)15-6)11(17)14-7-3-4-18-5-7/h3-5H,13H2,1-2H3,(H,14,17). The maximum absolute atomic E-state index is 12.2. The second-order valence-electron chi connectivity index (χ2n) is 4.20. The van der Waals surface area contributed by atoms with Gasteiger partial charge < -0.3 is 11.1 Å². The van der Waals surface area contributed by atoms with Crippen LogP contribution in [0.2, 0.25) is 0 Å². The fourth-order valence-electron chi connectivity index (χ4n) is 2.02. The summed E-state index contributed by atoms with van der Waals surface area (Å²) in [5, 5.41) is 11.8. The summed E-state index contributed by atoms with van der Waals surface area (Å²) in [6.07, 6.45) is 0. The molecule has 0 saturated carbocycles. The van der Waals surface area contributed by atoms with Crippen LogP contribution in [0, 0.1) is 6.92 Å². The summed E-state index contributed by atoms with van der Waals surface area (Å²) in [6, 6.07) is 1.86. The molecule has 0 bridgehead atoms. The molecule has 0 spiro atoms. The molecule has 7 heteroatoms. The number of nitrogens with one attached hydrogen (secondary N) is 1. The van der Waals surface area contributed by atoms with E-state index in [1.54, 1.807) is 4.68 Å². The van der Waals surface area contributed by atoms with Gasteiger partial charge in [-0.3, -0.25) is 9.48 Å². The summed E-state index contributed by atoms with van der Waals surface area (Å²) in [4.78, 5) is 13.7. The molecule has 0 aliphatic rings. The quantitative estimate of drug-likeness (QED) is 0.763. The first-order chi connectivity index (χ1) is 9.08. The van der Waals surface area contributed by atoms with Gasteiger partial charge in [-0.15, -0.1) is 11.3 Å². The molecule has 3 rings (SSSR count). The lowest BCUT2D eigenvalue weighted by Gasteiger charge is -2.01. The minimum absolute atomic E-state index is 0.170. The van der Waals surface area contributed by atoms with Gasteiger partial charge in [0.25, 0.3) is 5.91 Å². The summed E-state index contributed by atoms with van der Waals surface area (Å²) in [7, 11) is 1.85. The predicted molar refractivity (Wildman–Crippen MR) is 80.0 cm³/mol. The van der Waals surface area contributed by atoms with Crippen molar-refractivity contribution in [3.63, 3.8) is 0 Å². The molecular formula is C12H12N4OS2. The third-order valence-corrected chi connectivity index (χ3v) is 4.82. The topological polar surface area (TPSA) is 72.9 Å². The maximum Gasteiger partial charge on any atom is 0.267 e. The Bertz CT molecular complexity index is 754. The molecule has 98 valence electrons. The number of nitrogen functional groups attached to an aromatic ring is 1. The molecule has 5 nitrogen and oxygen atoms in total. The highest BCUT2D eigenvalue weighted by molar-refractivity contribution is 7.21. The number of nitrogens with two attached hydrogens (primary N) is 1. The van der Waals surface area contributed by atoms with Crippen molar-refractivity contribution >= 4 is 50.2 Å². The first-order valence-electron chi connectivity index (χ1n) is 5.63. The van der Waals surface area contributed by atoms with Crippen LogP contribution >= 0.6 is 22.7 Å². The van der Waals surface area contributed by atoms with Gasteiger partial charge in [-0.25, -0.2) is 0 Å². The number of amides is 1. The van der Waals surface area contributed by atoms with E-state index >= 15 is 0 Å². The fourth-order valence-corrected chi connectivity index (χ4v) is 3.69. The summed E-state index contributed by atoms with van der Waals surface area (Å²) >= 11 is 2.90. The van der Waals surface area contributed by atoms with E-state index in [4.69, 9.17) is 5.73 Å². The SMILES string of the molecule is Cc1nn(C)c2sc(C(=O)Nc3ccsc3)c(N)c12. The van der Waals surface area contributed by atoms with Crippen LogP contribution < -0.4 is 11.1 Å². The van der Waals surface area contributed by atoms with E-state index < -0.39 is 0 Å². The molecule has 3 heterocycles. The highest BCUT2D eigenvalue weighted by atomic mass is 32.1. The highest BCUT2D eigenvalue weighted by Gasteiger charge is 2.20. The highest BCUT2D eigenvalue weighted by Crippen LogP contribution is 2.35. The van der Waals surface area contributed by atoms with Crippen LogP contribution in [0.4, 0.5) is 11.4 Å². The van der Waals surface area contributed by atoms with Crippen LogP contribution in [-0.4, -0.2) is 15.7 Å². The van der Waals surface area contributed by atoms with Crippen LogP contribution in [0.3, 0.4) is 0 Å². The second-order valence-corrected chi connectivity index (χ2v) is 5.98. The lowest BCUT2D eigenvalue weighted by atomic mass is 10.2. The molecule has 0 atom stereocenters. The van der Waals surface area contributed by atoms with Crippen LogP contribution in [0.5, 0.6) is 0 Å². The molecule has 0 aliphatic heterocycles. The third kappa shape index (κ3) is 1.91. The number of thiophene rings is 2. The Balaban J connectivity index is 2.03. The maximum atomic E-state index is 12.2. The molecule has 0 fully saturated rings. The Labute approximate surface area is 117 Å². The van der Waals surface area contributed by atoms with Gasteiger partial charge in [0.05, 0.1) is 22.5 Å². The summed E-state index contributed by atoms with van der Waals surface area (Å²) in [5.41, 5.74) is 8.24. The van der Waals surface area contributed by atoms with Crippen molar-refractivity contribution in [1.29, 1.82) is 0 Å². The number of fused-ring (bicyclic) bond motifs is 1. The number of anilines is 2. The Morgan fingerprint density at radius 1 is 1.53 bits per heavy atom. The van der Waals surface area contributed by atoms with E-state index in [1.165, 1.54) is 22.7 Å². The van der Waals surface area contributed by atoms with Gasteiger partial charge in [-0.2, -0.15) is 16.4 Å². The van der Waals surface area contributed by atoms with Gasteiger partial charge >= 0.3 is 0 Å². The second kappa shape index (κ2) is 4.36. The van der Waals surface area contributed by atoms with Crippen molar-refractivity contribution in [3.8, 4) is 0 Å². The van der Waals surface area contributed by atoms with Crippen molar-refractivity contribution in [1.82, 2.24) is 9.78 Å². The van der Waals surface area contributed by atoms with Gasteiger partial charge in [-0.1, -0.05) is 0 Å². The summed E-state index contributed by atoms with van der Waals surface area (Å²) in [5.74, 6) is -0.170. The molecule has 3 aromatic heterocycles. The number of hydrogen-bond acceptors (Lipinski definition) is 5. The minimum atomic E-state index is -0.170. The lowest BCUT2D eigenvalue weighted by molar-refractivity contribution is 0.103. The summed E-state index contributed by atoms with van der Waals surface area (Å²) in [6.45, 7) is 1.89. The van der Waals surface area contributed by atoms with Gasteiger partial charge in [-0.05, 0) is 18.4 Å². The van der Waals surface area contributed by atoms with E-state index in [-0.39, 0.29) is 5.91 Å². The largest absolute Gasteiger partial charge is 0.397 e. The fraction of sp³-hybridized carbons (Fsp3) is 0.167. The van der Waals surface area contributed by atoms with Crippen LogP contribution in [0.15, 0.2) is 16.8 Å². The minimum Gasteiger partial charge on any atom is -0.397 e. The average Bonchev–Trinajstić information content (AvgIpc) is 3.01. The van der Waals surface area contributed by atoms with E-state index in [9.17, 15) is 4.79 Å². The normalized spacial score (nSPS) is 11.1. The lowest BCUT2D eigenvalue weighted by Crippen LogP contribution is -2.11. The van der Waals surface area contributed by atoms with Crippen molar-refractivity contribution < 1.29 is 4.79 Å². The van der Waals surface area contributed by atoms with Gasteiger partial charge in [0, 0.05) is 12.4 Å². The first-order valence-corrected chi connectivity index (χ1v) is 7.39.